The zero-order valence-corrected chi connectivity index (χ0v) is 17.1. The van der Waals surface area contributed by atoms with Crippen LogP contribution in [0.15, 0.2) is 97.6 Å². The van der Waals surface area contributed by atoms with E-state index in [1.807, 2.05) is 72.8 Å². The monoisotopic (exact) mass is 444 g/mol. The Morgan fingerprint density at radius 3 is 0.741 bits per heavy atom. The predicted octanol–water partition coefficient (Wildman–Crippen LogP) is 5.19. The van der Waals surface area contributed by atoms with E-state index in [1.54, 1.807) is 24.8 Å². The van der Waals surface area contributed by atoms with Crippen LogP contribution < -0.4 is 0 Å². The molecule has 0 saturated heterocycles. The van der Waals surface area contributed by atoms with Crippen molar-refractivity contribution in [2.75, 3.05) is 0 Å². The van der Waals surface area contributed by atoms with Crippen LogP contribution in [0.4, 0.5) is 0 Å². The third-order valence-electron chi connectivity index (χ3n) is 3.18. The average molecular weight is 444 g/mol. The third kappa shape index (κ3) is 7.55. The van der Waals surface area contributed by atoms with Crippen molar-refractivity contribution in [3.05, 3.63) is 112 Å². The third-order valence-corrected chi connectivity index (χ3v) is 3.18. The van der Waals surface area contributed by atoms with Gasteiger partial charge in [-0.05, 0) is 48.5 Å². The Balaban J connectivity index is 0.000000451. The van der Waals surface area contributed by atoms with Gasteiger partial charge in [0.25, 0.3) is 0 Å². The summed E-state index contributed by atoms with van der Waals surface area (Å²) < 4.78 is 0. The van der Waals surface area contributed by atoms with E-state index in [1.165, 1.54) is 0 Å². The minimum Gasteiger partial charge on any atom is -0.358 e. The van der Waals surface area contributed by atoms with Gasteiger partial charge in [0.15, 0.2) is 0 Å². The fourth-order valence-corrected chi connectivity index (χ4v) is 2.06. The number of aromatic nitrogens is 4. The van der Waals surface area contributed by atoms with E-state index in [2.05, 4.69) is 19.9 Å². The van der Waals surface area contributed by atoms with Gasteiger partial charge in [-0.15, -0.1) is 0 Å². The SMILES string of the molecule is [CH3-].[CH3-].[Ru+2].c1ccc(-c2ccccn2)nc1.c1ccc(-c2ccccn2)nc1. The summed E-state index contributed by atoms with van der Waals surface area (Å²) >= 11 is 0. The summed E-state index contributed by atoms with van der Waals surface area (Å²) in [5.74, 6) is 0. The Morgan fingerprint density at radius 1 is 0.370 bits per heavy atom. The molecule has 0 spiro atoms. The average Bonchev–Trinajstić information content (AvgIpc) is 2.71. The van der Waals surface area contributed by atoms with Crippen LogP contribution in [0.25, 0.3) is 22.8 Å². The molecule has 0 fully saturated rings. The van der Waals surface area contributed by atoms with Crippen molar-refractivity contribution in [2.45, 2.75) is 0 Å². The van der Waals surface area contributed by atoms with E-state index in [0.29, 0.717) is 0 Å². The second-order valence-corrected chi connectivity index (χ2v) is 4.86. The topological polar surface area (TPSA) is 51.6 Å². The smallest absolute Gasteiger partial charge is 0.358 e. The molecule has 0 amide bonds. The molecule has 27 heavy (non-hydrogen) atoms. The molecule has 0 radical (unpaired) electrons. The summed E-state index contributed by atoms with van der Waals surface area (Å²) in [6.45, 7) is 0. The van der Waals surface area contributed by atoms with Crippen LogP contribution in [-0.2, 0) is 19.5 Å². The van der Waals surface area contributed by atoms with E-state index in [4.69, 9.17) is 0 Å². The van der Waals surface area contributed by atoms with Crippen LogP contribution in [0.1, 0.15) is 0 Å². The molecular weight excluding hydrogens is 421 g/mol. The summed E-state index contributed by atoms with van der Waals surface area (Å²) in [5, 5.41) is 0. The predicted molar refractivity (Wildman–Crippen MR) is 108 cm³/mol. The number of hydrogen-bond donors (Lipinski definition) is 0. The molecule has 5 heteroatoms. The van der Waals surface area contributed by atoms with E-state index in [-0.39, 0.29) is 34.3 Å². The van der Waals surface area contributed by atoms with E-state index >= 15 is 0 Å². The molecule has 0 aliphatic carbocycles. The van der Waals surface area contributed by atoms with Crippen molar-refractivity contribution < 1.29 is 19.5 Å². The Hall–Kier alpha value is -2.78. The zero-order valence-electron chi connectivity index (χ0n) is 15.4. The van der Waals surface area contributed by atoms with Crippen molar-refractivity contribution in [1.82, 2.24) is 19.9 Å². The molecule has 0 aliphatic rings. The zero-order chi connectivity index (χ0) is 16.5. The molecule has 4 rings (SSSR count). The van der Waals surface area contributed by atoms with Crippen molar-refractivity contribution in [3.63, 3.8) is 0 Å². The van der Waals surface area contributed by atoms with Crippen LogP contribution in [0.2, 0.25) is 0 Å². The van der Waals surface area contributed by atoms with Gasteiger partial charge in [-0.1, -0.05) is 24.3 Å². The van der Waals surface area contributed by atoms with Gasteiger partial charge in [0.1, 0.15) is 0 Å². The molecule has 138 valence electrons. The normalized spacial score (nSPS) is 8.59. The van der Waals surface area contributed by atoms with Crippen molar-refractivity contribution in [1.29, 1.82) is 0 Å². The van der Waals surface area contributed by atoms with Gasteiger partial charge < -0.3 is 14.9 Å². The first-order valence-corrected chi connectivity index (χ1v) is 7.58. The molecule has 4 aromatic heterocycles. The number of hydrogen-bond acceptors (Lipinski definition) is 4. The second kappa shape index (κ2) is 13.4. The number of rotatable bonds is 2. The Labute approximate surface area is 174 Å². The van der Waals surface area contributed by atoms with Crippen LogP contribution in [0.3, 0.4) is 0 Å². The first-order chi connectivity index (χ1) is 11.9. The standard InChI is InChI=1S/2C10H8N2.2CH3.Ru/c2*1-3-7-11-9(5-1)10-6-2-4-8-12-10;;;/h2*1-8H;2*1H3;/q;;2*-1;+2. The van der Waals surface area contributed by atoms with Crippen molar-refractivity contribution >= 4 is 0 Å². The quantitative estimate of drug-likeness (QED) is 0.316. The molecule has 4 aromatic rings. The summed E-state index contributed by atoms with van der Waals surface area (Å²) in [6.07, 6.45) is 7.07. The second-order valence-electron chi connectivity index (χ2n) is 4.86. The molecule has 0 atom stereocenters. The Morgan fingerprint density at radius 2 is 0.593 bits per heavy atom. The van der Waals surface area contributed by atoms with Gasteiger partial charge in [0.2, 0.25) is 0 Å². The minimum atomic E-state index is 0. The molecule has 0 aliphatic heterocycles. The molecule has 0 N–H and O–H groups in total. The van der Waals surface area contributed by atoms with Gasteiger partial charge >= 0.3 is 19.5 Å². The van der Waals surface area contributed by atoms with Crippen molar-refractivity contribution in [3.8, 4) is 22.8 Å². The summed E-state index contributed by atoms with van der Waals surface area (Å²) in [6, 6.07) is 23.2. The van der Waals surface area contributed by atoms with Gasteiger partial charge in [0.05, 0.1) is 22.8 Å². The molecule has 4 nitrogen and oxygen atoms in total. The van der Waals surface area contributed by atoms with Crippen LogP contribution in [0, 0.1) is 14.9 Å². The molecule has 0 aromatic carbocycles. The fraction of sp³-hybridized carbons (Fsp3) is 0. The molecule has 0 unspecified atom stereocenters. The van der Waals surface area contributed by atoms with E-state index in [0.717, 1.165) is 22.8 Å². The number of nitrogens with zero attached hydrogens (tertiary/aromatic N) is 4. The van der Waals surface area contributed by atoms with Crippen molar-refractivity contribution in [2.24, 2.45) is 0 Å². The van der Waals surface area contributed by atoms with Crippen LogP contribution in [0.5, 0.6) is 0 Å². The first kappa shape index (κ1) is 24.2. The summed E-state index contributed by atoms with van der Waals surface area (Å²) in [4.78, 5) is 16.7. The van der Waals surface area contributed by atoms with Gasteiger partial charge in [0, 0.05) is 24.8 Å². The summed E-state index contributed by atoms with van der Waals surface area (Å²) in [5.41, 5.74) is 3.66. The Bertz CT molecular complexity index is 692. The molecule has 0 saturated carbocycles. The van der Waals surface area contributed by atoms with Gasteiger partial charge in [-0.25, -0.2) is 0 Å². The van der Waals surface area contributed by atoms with E-state index < -0.39 is 0 Å². The van der Waals surface area contributed by atoms with Gasteiger partial charge in [-0.3, -0.25) is 19.9 Å². The Kier molecular flexibility index (Phi) is 12.0. The van der Waals surface area contributed by atoms with Gasteiger partial charge in [-0.2, -0.15) is 0 Å². The van der Waals surface area contributed by atoms with E-state index in [9.17, 15) is 0 Å². The minimum absolute atomic E-state index is 0. The first-order valence-electron chi connectivity index (χ1n) is 7.58. The summed E-state index contributed by atoms with van der Waals surface area (Å²) in [7, 11) is 0. The largest absolute Gasteiger partial charge is 2.00 e. The number of pyridine rings is 4. The molecule has 4 heterocycles. The van der Waals surface area contributed by atoms with Crippen LogP contribution >= 0.6 is 0 Å². The maximum Gasteiger partial charge on any atom is 2.00 e. The van der Waals surface area contributed by atoms with Crippen LogP contribution in [-0.4, -0.2) is 19.9 Å². The maximum absolute atomic E-state index is 4.19. The fourth-order valence-electron chi connectivity index (χ4n) is 2.06. The molecule has 0 bridgehead atoms. The maximum atomic E-state index is 4.19. The molecular formula is C22H22N4Ru.